The van der Waals surface area contributed by atoms with Gasteiger partial charge in [-0.3, -0.25) is 9.69 Å². The number of nitrogens with one attached hydrogen (secondary N) is 1. The number of hydrogen-bond donors (Lipinski definition) is 1. The summed E-state index contributed by atoms with van der Waals surface area (Å²) in [6.45, 7) is 2.14. The van der Waals surface area contributed by atoms with Crippen molar-refractivity contribution in [2.45, 2.75) is 42.7 Å². The smallest absolute Gasteiger partial charge is 0.243 e. The second kappa shape index (κ2) is 8.97. The van der Waals surface area contributed by atoms with Crippen molar-refractivity contribution in [2.75, 3.05) is 37.7 Å². The van der Waals surface area contributed by atoms with Crippen molar-refractivity contribution in [1.29, 1.82) is 0 Å². The average Bonchev–Trinajstić information content (AvgIpc) is 3.36. The van der Waals surface area contributed by atoms with Gasteiger partial charge >= 0.3 is 0 Å². The van der Waals surface area contributed by atoms with Gasteiger partial charge in [0.25, 0.3) is 0 Å². The maximum absolute atomic E-state index is 13.0. The topological polar surface area (TPSA) is 104 Å². The predicted octanol–water partition coefficient (Wildman–Crippen LogP) is 1.12. The van der Waals surface area contributed by atoms with E-state index < -0.39 is 31.8 Å². The molecule has 3 atom stereocenters. The fraction of sp³-hybridized carbons (Fsp3) is 0.650. The lowest BCUT2D eigenvalue weighted by atomic mass is 9.98. The third kappa shape index (κ3) is 5.08. The van der Waals surface area contributed by atoms with Crippen LogP contribution in [0.2, 0.25) is 5.02 Å². The SMILES string of the molecule is O=C(NC1CS(=O)(=O)CC1N1CCCC1)C1CCCN(S(=O)(=O)c2ccc(Cl)cc2)C1. The Morgan fingerprint density at radius 2 is 1.71 bits per heavy atom. The van der Waals surface area contributed by atoms with Gasteiger partial charge in [-0.15, -0.1) is 0 Å². The molecule has 1 N–H and O–H groups in total. The lowest BCUT2D eigenvalue weighted by Gasteiger charge is -2.33. The molecule has 3 heterocycles. The van der Waals surface area contributed by atoms with Gasteiger partial charge in [-0.25, -0.2) is 16.8 Å². The monoisotopic (exact) mass is 489 g/mol. The Bertz CT molecular complexity index is 1020. The maximum Gasteiger partial charge on any atom is 0.243 e. The summed E-state index contributed by atoms with van der Waals surface area (Å²) in [7, 11) is -6.93. The molecule has 8 nitrogen and oxygen atoms in total. The molecule has 3 aliphatic heterocycles. The minimum absolute atomic E-state index is 0.0561. The van der Waals surface area contributed by atoms with Crippen molar-refractivity contribution in [3.63, 3.8) is 0 Å². The highest BCUT2D eigenvalue weighted by molar-refractivity contribution is 7.91. The van der Waals surface area contributed by atoms with E-state index in [9.17, 15) is 21.6 Å². The van der Waals surface area contributed by atoms with E-state index >= 15 is 0 Å². The van der Waals surface area contributed by atoms with Crippen LogP contribution in [0.15, 0.2) is 29.2 Å². The highest BCUT2D eigenvalue weighted by atomic mass is 35.5. The summed E-state index contributed by atoms with van der Waals surface area (Å²) in [6, 6.07) is 5.34. The Labute approximate surface area is 188 Å². The molecule has 0 aromatic heterocycles. The number of sulfonamides is 1. The first kappa shape index (κ1) is 23.0. The number of carbonyl (C=O) groups excluding carboxylic acids is 1. The van der Waals surface area contributed by atoms with Gasteiger partial charge < -0.3 is 5.32 Å². The van der Waals surface area contributed by atoms with Crippen LogP contribution in [0.3, 0.4) is 0 Å². The van der Waals surface area contributed by atoms with Crippen LogP contribution in [0, 0.1) is 5.92 Å². The zero-order valence-corrected chi connectivity index (χ0v) is 19.6. The van der Waals surface area contributed by atoms with E-state index in [0.29, 0.717) is 24.4 Å². The van der Waals surface area contributed by atoms with Gasteiger partial charge in [0.1, 0.15) is 0 Å². The van der Waals surface area contributed by atoms with Crippen molar-refractivity contribution in [2.24, 2.45) is 5.92 Å². The molecular formula is C20H28ClN3O5S2. The lowest BCUT2D eigenvalue weighted by molar-refractivity contribution is -0.127. The summed E-state index contributed by atoms with van der Waals surface area (Å²) in [5, 5.41) is 3.40. The Hall–Kier alpha value is -1.20. The summed E-state index contributed by atoms with van der Waals surface area (Å²) >= 11 is 5.86. The Kier molecular flexibility index (Phi) is 6.65. The third-order valence-electron chi connectivity index (χ3n) is 6.47. The summed E-state index contributed by atoms with van der Waals surface area (Å²) in [6.07, 6.45) is 3.23. The highest BCUT2D eigenvalue weighted by Gasteiger charge is 2.43. The van der Waals surface area contributed by atoms with E-state index in [2.05, 4.69) is 10.2 Å². The van der Waals surface area contributed by atoms with Crippen molar-refractivity contribution in [3.05, 3.63) is 29.3 Å². The summed E-state index contributed by atoms with van der Waals surface area (Å²) in [5.74, 6) is -0.750. The number of sulfone groups is 1. The molecule has 0 bridgehead atoms. The first-order chi connectivity index (χ1) is 14.7. The van der Waals surface area contributed by atoms with Crippen molar-refractivity contribution < 1.29 is 21.6 Å². The fourth-order valence-corrected chi connectivity index (χ4v) is 8.43. The molecular weight excluding hydrogens is 462 g/mol. The molecule has 1 aromatic carbocycles. The Morgan fingerprint density at radius 1 is 1.03 bits per heavy atom. The molecule has 0 spiro atoms. The molecule has 31 heavy (non-hydrogen) atoms. The van der Waals surface area contributed by atoms with E-state index in [1.54, 1.807) is 0 Å². The van der Waals surface area contributed by atoms with Gasteiger partial charge in [0.15, 0.2) is 9.84 Å². The minimum atomic E-state index is -3.72. The van der Waals surface area contributed by atoms with Crippen LogP contribution in [-0.2, 0) is 24.7 Å². The molecule has 3 unspecified atom stereocenters. The van der Waals surface area contributed by atoms with Gasteiger partial charge in [0, 0.05) is 24.2 Å². The lowest BCUT2D eigenvalue weighted by Crippen LogP contribution is -2.53. The number of piperidine rings is 1. The average molecular weight is 490 g/mol. The Balaban J connectivity index is 1.44. The van der Waals surface area contributed by atoms with Crippen LogP contribution in [0.4, 0.5) is 0 Å². The van der Waals surface area contributed by atoms with E-state index in [0.717, 1.165) is 25.9 Å². The first-order valence-electron chi connectivity index (χ1n) is 10.7. The van der Waals surface area contributed by atoms with Gasteiger partial charge in [-0.1, -0.05) is 11.6 Å². The molecule has 3 fully saturated rings. The van der Waals surface area contributed by atoms with Gasteiger partial charge in [-0.05, 0) is 63.0 Å². The number of benzene rings is 1. The number of amides is 1. The molecule has 11 heteroatoms. The number of likely N-dealkylation sites (tertiary alicyclic amines) is 1. The quantitative estimate of drug-likeness (QED) is 0.664. The Morgan fingerprint density at radius 3 is 2.39 bits per heavy atom. The van der Waals surface area contributed by atoms with Crippen molar-refractivity contribution >= 4 is 37.4 Å². The molecule has 1 amide bonds. The van der Waals surface area contributed by atoms with Gasteiger partial charge in [0.05, 0.1) is 28.4 Å². The predicted molar refractivity (Wildman–Crippen MR) is 118 cm³/mol. The van der Waals surface area contributed by atoms with E-state index in [1.165, 1.54) is 28.6 Å². The van der Waals surface area contributed by atoms with Crippen LogP contribution in [-0.4, -0.2) is 81.7 Å². The summed E-state index contributed by atoms with van der Waals surface area (Å²) < 4.78 is 51.8. The molecule has 4 rings (SSSR count). The minimum Gasteiger partial charge on any atom is -0.350 e. The van der Waals surface area contributed by atoms with E-state index in [-0.39, 0.29) is 34.9 Å². The van der Waals surface area contributed by atoms with Crippen LogP contribution in [0.5, 0.6) is 0 Å². The number of nitrogens with zero attached hydrogens (tertiary/aromatic N) is 2. The molecule has 3 aliphatic rings. The fourth-order valence-electron chi connectivity index (χ4n) is 4.83. The zero-order chi connectivity index (χ0) is 22.2. The van der Waals surface area contributed by atoms with Crippen LogP contribution in [0.1, 0.15) is 25.7 Å². The summed E-state index contributed by atoms with van der Waals surface area (Å²) in [5.41, 5.74) is 0. The molecule has 0 aliphatic carbocycles. The van der Waals surface area contributed by atoms with Gasteiger partial charge in [0.2, 0.25) is 15.9 Å². The standard InChI is InChI=1S/C20H28ClN3O5S2/c21-16-5-7-17(8-6-16)31(28,29)24-11-3-4-15(12-24)20(25)22-18-13-30(26,27)14-19(18)23-9-1-2-10-23/h5-8,15,18-19H,1-4,9-14H2,(H,22,25). The number of rotatable bonds is 5. The highest BCUT2D eigenvalue weighted by Crippen LogP contribution is 2.27. The first-order valence-corrected chi connectivity index (χ1v) is 14.3. The van der Waals surface area contributed by atoms with Crippen LogP contribution < -0.4 is 5.32 Å². The normalized spacial score (nSPS) is 29.8. The maximum atomic E-state index is 13.0. The zero-order valence-electron chi connectivity index (χ0n) is 17.2. The number of hydrogen-bond acceptors (Lipinski definition) is 6. The number of halogens is 1. The number of carbonyl (C=O) groups is 1. The van der Waals surface area contributed by atoms with Crippen LogP contribution >= 0.6 is 11.6 Å². The molecule has 172 valence electrons. The summed E-state index contributed by atoms with van der Waals surface area (Å²) in [4.78, 5) is 15.3. The molecule has 1 aromatic rings. The molecule has 0 saturated carbocycles. The molecule has 3 saturated heterocycles. The third-order valence-corrected chi connectivity index (χ3v) is 10.3. The van der Waals surface area contributed by atoms with Crippen molar-refractivity contribution in [3.8, 4) is 0 Å². The molecule has 0 radical (unpaired) electrons. The largest absolute Gasteiger partial charge is 0.350 e. The second-order valence-corrected chi connectivity index (χ2v) is 13.2. The van der Waals surface area contributed by atoms with E-state index in [1.807, 2.05) is 0 Å². The van der Waals surface area contributed by atoms with E-state index in [4.69, 9.17) is 11.6 Å². The second-order valence-electron chi connectivity index (χ2n) is 8.66. The van der Waals surface area contributed by atoms with Crippen LogP contribution in [0.25, 0.3) is 0 Å². The van der Waals surface area contributed by atoms with Gasteiger partial charge in [-0.2, -0.15) is 4.31 Å². The van der Waals surface area contributed by atoms with Crippen molar-refractivity contribution in [1.82, 2.24) is 14.5 Å².